The van der Waals surface area contributed by atoms with Crippen LogP contribution in [0.15, 0.2) is 78.9 Å². The van der Waals surface area contributed by atoms with Crippen LogP contribution in [0.5, 0.6) is 5.75 Å². The average Bonchev–Trinajstić information content (AvgIpc) is 3.17. The highest BCUT2D eigenvalue weighted by Crippen LogP contribution is 2.37. The second-order valence-corrected chi connectivity index (χ2v) is 8.68. The number of hydrogen-bond acceptors (Lipinski definition) is 3. The Bertz CT molecular complexity index is 1160. The molecule has 1 aromatic heterocycles. The lowest BCUT2D eigenvalue weighted by molar-refractivity contribution is 0.105. The van der Waals surface area contributed by atoms with Crippen LogP contribution in [0.25, 0.3) is 10.9 Å². The second kappa shape index (κ2) is 9.19. The molecule has 1 aliphatic rings. The lowest BCUT2D eigenvalue weighted by Crippen LogP contribution is -2.47. The van der Waals surface area contributed by atoms with Crippen molar-refractivity contribution >= 4 is 10.9 Å². The van der Waals surface area contributed by atoms with Crippen LogP contribution in [0.3, 0.4) is 0 Å². The van der Waals surface area contributed by atoms with Gasteiger partial charge in [-0.05, 0) is 36.2 Å². The van der Waals surface area contributed by atoms with Gasteiger partial charge in [0.05, 0.1) is 13.2 Å². The number of nitrogens with one attached hydrogen (secondary N) is 1. The predicted octanol–water partition coefficient (Wildman–Crippen LogP) is 5.39. The standard InChI is InChI=1S/C28H31N3O/c1-21-27(25-10-6-7-11-26(25)29-21)28(23-12-14-24(32-2)15-13-23)31-18-16-30(17-19-31)20-22-8-4-3-5-9-22/h3-15,28-29H,16-20H2,1-2H3. The number of methoxy groups -OCH3 is 1. The number of rotatable bonds is 6. The molecule has 32 heavy (non-hydrogen) atoms. The minimum Gasteiger partial charge on any atom is -0.497 e. The van der Waals surface area contributed by atoms with Crippen molar-refractivity contribution in [3.8, 4) is 5.75 Å². The molecular formula is C28H31N3O. The summed E-state index contributed by atoms with van der Waals surface area (Å²) >= 11 is 0. The first-order valence-corrected chi connectivity index (χ1v) is 11.4. The van der Waals surface area contributed by atoms with Gasteiger partial charge in [-0.3, -0.25) is 9.80 Å². The minimum atomic E-state index is 0.218. The maximum atomic E-state index is 5.42. The van der Waals surface area contributed by atoms with Gasteiger partial charge >= 0.3 is 0 Å². The topological polar surface area (TPSA) is 31.5 Å². The number of H-pyrrole nitrogens is 1. The molecule has 3 aromatic carbocycles. The van der Waals surface area contributed by atoms with Gasteiger partial charge in [0.2, 0.25) is 0 Å². The Morgan fingerprint density at radius 1 is 0.844 bits per heavy atom. The molecule has 0 aliphatic carbocycles. The number of nitrogens with zero attached hydrogens (tertiary/aromatic N) is 2. The van der Waals surface area contributed by atoms with Crippen molar-refractivity contribution in [2.45, 2.75) is 19.5 Å². The number of benzene rings is 3. The summed E-state index contributed by atoms with van der Waals surface area (Å²) in [6.45, 7) is 7.46. The van der Waals surface area contributed by atoms with Gasteiger partial charge in [0.1, 0.15) is 5.75 Å². The molecule has 0 spiro atoms. The third-order valence-electron chi connectivity index (χ3n) is 6.67. The molecule has 1 fully saturated rings. The molecule has 2 heterocycles. The van der Waals surface area contributed by atoms with Crippen molar-refractivity contribution in [1.29, 1.82) is 0 Å². The summed E-state index contributed by atoms with van der Waals surface area (Å²) in [6, 6.07) is 28.3. The Morgan fingerprint density at radius 2 is 1.53 bits per heavy atom. The fourth-order valence-electron chi connectivity index (χ4n) is 5.02. The Hall–Kier alpha value is -3.08. The van der Waals surface area contributed by atoms with Gasteiger partial charge in [-0.2, -0.15) is 0 Å². The molecule has 1 aliphatic heterocycles. The van der Waals surface area contributed by atoms with Crippen molar-refractivity contribution in [1.82, 2.24) is 14.8 Å². The quantitative estimate of drug-likeness (QED) is 0.449. The van der Waals surface area contributed by atoms with Gasteiger partial charge in [-0.15, -0.1) is 0 Å². The van der Waals surface area contributed by atoms with E-state index in [4.69, 9.17) is 4.74 Å². The first kappa shape index (κ1) is 20.8. The van der Waals surface area contributed by atoms with Crippen LogP contribution in [0.4, 0.5) is 0 Å². The zero-order valence-electron chi connectivity index (χ0n) is 18.9. The number of ether oxygens (including phenoxy) is 1. The van der Waals surface area contributed by atoms with E-state index in [1.807, 2.05) is 0 Å². The maximum Gasteiger partial charge on any atom is 0.118 e. The molecule has 1 atom stereocenters. The molecule has 4 nitrogen and oxygen atoms in total. The zero-order valence-corrected chi connectivity index (χ0v) is 18.9. The maximum absolute atomic E-state index is 5.42. The summed E-state index contributed by atoms with van der Waals surface area (Å²) in [5.74, 6) is 0.899. The second-order valence-electron chi connectivity index (χ2n) is 8.68. The molecule has 0 saturated carbocycles. The average molecular weight is 426 g/mol. The lowest BCUT2D eigenvalue weighted by atomic mass is 9.93. The molecule has 4 aromatic rings. The molecule has 1 N–H and O–H groups in total. The van der Waals surface area contributed by atoms with Gasteiger partial charge in [0.25, 0.3) is 0 Å². The molecule has 1 unspecified atom stereocenters. The first-order valence-electron chi connectivity index (χ1n) is 11.4. The van der Waals surface area contributed by atoms with E-state index < -0.39 is 0 Å². The number of para-hydroxylation sites is 1. The van der Waals surface area contributed by atoms with Crippen molar-refractivity contribution in [2.75, 3.05) is 33.3 Å². The Morgan fingerprint density at radius 3 is 2.25 bits per heavy atom. The van der Waals surface area contributed by atoms with Crippen LogP contribution in [0.1, 0.15) is 28.4 Å². The van der Waals surface area contributed by atoms with E-state index in [1.165, 1.54) is 33.3 Å². The Kier molecular flexibility index (Phi) is 5.97. The summed E-state index contributed by atoms with van der Waals surface area (Å²) < 4.78 is 5.42. The fraction of sp³-hybridized carbons (Fsp3) is 0.286. The van der Waals surface area contributed by atoms with E-state index >= 15 is 0 Å². The normalized spacial score (nSPS) is 16.3. The van der Waals surface area contributed by atoms with Crippen molar-refractivity contribution in [3.05, 3.63) is 101 Å². The van der Waals surface area contributed by atoms with Gasteiger partial charge in [0, 0.05) is 54.9 Å². The molecule has 5 rings (SSSR count). The first-order chi connectivity index (χ1) is 15.7. The molecule has 164 valence electrons. The van der Waals surface area contributed by atoms with E-state index in [0.29, 0.717) is 0 Å². The summed E-state index contributed by atoms with van der Waals surface area (Å²) in [5.41, 5.74) is 6.55. The van der Waals surface area contributed by atoms with Crippen molar-refractivity contribution < 1.29 is 4.74 Å². The zero-order chi connectivity index (χ0) is 21.9. The lowest BCUT2D eigenvalue weighted by Gasteiger charge is -2.40. The number of hydrogen-bond donors (Lipinski definition) is 1. The minimum absolute atomic E-state index is 0.218. The summed E-state index contributed by atoms with van der Waals surface area (Å²) in [5, 5.41) is 1.32. The summed E-state index contributed by atoms with van der Waals surface area (Å²) in [7, 11) is 1.72. The largest absolute Gasteiger partial charge is 0.497 e. The summed E-state index contributed by atoms with van der Waals surface area (Å²) in [6.07, 6.45) is 0. The number of aryl methyl sites for hydroxylation is 1. The van der Waals surface area contributed by atoms with Gasteiger partial charge in [-0.25, -0.2) is 0 Å². The molecular weight excluding hydrogens is 394 g/mol. The molecule has 0 amide bonds. The van der Waals surface area contributed by atoms with Crippen LogP contribution in [0.2, 0.25) is 0 Å². The van der Waals surface area contributed by atoms with E-state index in [2.05, 4.69) is 101 Å². The van der Waals surface area contributed by atoms with Gasteiger partial charge in [0.15, 0.2) is 0 Å². The Labute approximate surface area is 190 Å². The van der Waals surface area contributed by atoms with Crippen LogP contribution in [-0.4, -0.2) is 48.1 Å². The van der Waals surface area contributed by atoms with E-state index in [0.717, 1.165) is 38.5 Å². The smallest absolute Gasteiger partial charge is 0.118 e. The van der Waals surface area contributed by atoms with Crippen LogP contribution in [-0.2, 0) is 6.54 Å². The van der Waals surface area contributed by atoms with E-state index in [1.54, 1.807) is 7.11 Å². The predicted molar refractivity (Wildman–Crippen MR) is 131 cm³/mol. The molecule has 0 radical (unpaired) electrons. The number of aromatic nitrogens is 1. The number of fused-ring (bicyclic) bond motifs is 1. The highest BCUT2D eigenvalue weighted by molar-refractivity contribution is 5.85. The van der Waals surface area contributed by atoms with Gasteiger partial charge in [-0.1, -0.05) is 60.7 Å². The monoisotopic (exact) mass is 425 g/mol. The highest BCUT2D eigenvalue weighted by atomic mass is 16.5. The highest BCUT2D eigenvalue weighted by Gasteiger charge is 2.29. The van der Waals surface area contributed by atoms with Crippen LogP contribution >= 0.6 is 0 Å². The molecule has 4 heteroatoms. The SMILES string of the molecule is COc1ccc(C(c2c(C)[nH]c3ccccc23)N2CCN(Cc3ccccc3)CC2)cc1. The fourth-order valence-corrected chi connectivity index (χ4v) is 5.02. The summed E-state index contributed by atoms with van der Waals surface area (Å²) in [4.78, 5) is 8.83. The van der Waals surface area contributed by atoms with Crippen molar-refractivity contribution in [2.24, 2.45) is 0 Å². The molecule has 0 bridgehead atoms. The Balaban J connectivity index is 1.45. The number of piperazine rings is 1. The number of aromatic amines is 1. The van der Waals surface area contributed by atoms with Crippen molar-refractivity contribution in [3.63, 3.8) is 0 Å². The van der Waals surface area contributed by atoms with E-state index in [-0.39, 0.29) is 6.04 Å². The third-order valence-corrected chi connectivity index (χ3v) is 6.67. The van der Waals surface area contributed by atoms with Crippen LogP contribution in [0, 0.1) is 6.92 Å². The van der Waals surface area contributed by atoms with E-state index in [9.17, 15) is 0 Å². The van der Waals surface area contributed by atoms with Gasteiger partial charge < -0.3 is 9.72 Å². The third kappa shape index (κ3) is 4.16. The van der Waals surface area contributed by atoms with Crippen LogP contribution < -0.4 is 4.74 Å². The molecule has 1 saturated heterocycles.